The first-order chi connectivity index (χ1) is 5.52. The summed E-state index contributed by atoms with van der Waals surface area (Å²) < 4.78 is 20.9. The van der Waals surface area contributed by atoms with E-state index in [1.165, 1.54) is 6.07 Å². The summed E-state index contributed by atoms with van der Waals surface area (Å²) in [5.41, 5.74) is 5.30. The lowest BCUT2D eigenvalue weighted by molar-refractivity contribution is 0.475. The van der Waals surface area contributed by atoms with Gasteiger partial charge in [-0.3, -0.25) is 4.21 Å². The van der Waals surface area contributed by atoms with Crippen molar-refractivity contribution in [3.05, 3.63) is 17.2 Å². The molecule has 66 valence electrons. The molecule has 0 saturated heterocycles. The van der Waals surface area contributed by atoms with Crippen molar-refractivity contribution in [1.29, 1.82) is 0 Å². The molecule has 3 N–H and O–H groups in total. The number of nitrogens with two attached hydrogens (primary N) is 1. The molecule has 1 aromatic carbocycles. The standard InChI is InChI=1S/C6H6ClNO3S/c7-3-1-4(8)5(9)2-6(3)12(10)11/h1-2,9H,8H2,(H,10,11)/p-1. The highest BCUT2D eigenvalue weighted by atomic mass is 35.5. The van der Waals surface area contributed by atoms with Crippen LogP contribution in [0.4, 0.5) is 5.69 Å². The number of rotatable bonds is 1. The second-order valence-corrected chi connectivity index (χ2v) is 3.39. The third-order valence-electron chi connectivity index (χ3n) is 1.26. The molecule has 0 aliphatic rings. The van der Waals surface area contributed by atoms with Crippen LogP contribution < -0.4 is 5.73 Å². The normalized spacial score (nSPS) is 12.8. The van der Waals surface area contributed by atoms with E-state index in [0.717, 1.165) is 6.07 Å². The molecule has 0 aliphatic heterocycles. The van der Waals surface area contributed by atoms with E-state index in [4.69, 9.17) is 22.4 Å². The summed E-state index contributed by atoms with van der Waals surface area (Å²) in [4.78, 5) is -0.164. The predicted octanol–water partition coefficient (Wildman–Crippen LogP) is 0.866. The molecule has 0 spiro atoms. The monoisotopic (exact) mass is 206 g/mol. The van der Waals surface area contributed by atoms with Gasteiger partial charge in [0.05, 0.1) is 10.7 Å². The van der Waals surface area contributed by atoms with Gasteiger partial charge in [0.25, 0.3) is 0 Å². The molecule has 6 heteroatoms. The van der Waals surface area contributed by atoms with Gasteiger partial charge in [0.1, 0.15) is 5.75 Å². The number of anilines is 1. The highest BCUT2D eigenvalue weighted by Crippen LogP contribution is 2.29. The third kappa shape index (κ3) is 1.69. The SMILES string of the molecule is Nc1cc(Cl)c(S(=O)[O-])cc1O. The highest BCUT2D eigenvalue weighted by molar-refractivity contribution is 7.79. The molecule has 0 fully saturated rings. The van der Waals surface area contributed by atoms with Crippen LogP contribution >= 0.6 is 11.6 Å². The Bertz CT molecular complexity index is 342. The Morgan fingerprint density at radius 1 is 1.58 bits per heavy atom. The fourth-order valence-electron chi connectivity index (χ4n) is 0.686. The molecule has 1 aromatic rings. The lowest BCUT2D eigenvalue weighted by Gasteiger charge is -2.08. The predicted molar refractivity (Wildman–Crippen MR) is 44.7 cm³/mol. The minimum Gasteiger partial charge on any atom is -0.768 e. The molecule has 0 amide bonds. The van der Waals surface area contributed by atoms with E-state index in [1.807, 2.05) is 0 Å². The van der Waals surface area contributed by atoms with Crippen LogP contribution in [0.3, 0.4) is 0 Å². The van der Waals surface area contributed by atoms with Gasteiger partial charge in [-0.05, 0) is 23.2 Å². The molecule has 12 heavy (non-hydrogen) atoms. The van der Waals surface area contributed by atoms with E-state index < -0.39 is 11.1 Å². The fourth-order valence-corrected chi connectivity index (χ4v) is 1.47. The highest BCUT2D eigenvalue weighted by Gasteiger charge is 2.05. The average Bonchev–Trinajstić information content (AvgIpc) is 1.96. The number of phenols is 1. The molecular weight excluding hydrogens is 202 g/mol. The molecule has 0 bridgehead atoms. The first-order valence-corrected chi connectivity index (χ1v) is 4.35. The van der Waals surface area contributed by atoms with Crippen LogP contribution in [0.25, 0.3) is 0 Å². The molecule has 0 radical (unpaired) electrons. The second kappa shape index (κ2) is 3.30. The van der Waals surface area contributed by atoms with Crippen molar-refractivity contribution >= 4 is 28.4 Å². The summed E-state index contributed by atoms with van der Waals surface area (Å²) in [5, 5.41) is 9.02. The molecule has 1 atom stereocenters. The number of aromatic hydroxyl groups is 1. The largest absolute Gasteiger partial charge is 0.768 e. The smallest absolute Gasteiger partial charge is 0.139 e. The maximum Gasteiger partial charge on any atom is 0.139 e. The quantitative estimate of drug-likeness (QED) is 0.406. The minimum absolute atomic E-state index is 0.00127. The number of nitrogen functional groups attached to an aromatic ring is 1. The number of hydrogen-bond acceptors (Lipinski definition) is 4. The van der Waals surface area contributed by atoms with Crippen molar-refractivity contribution in [2.45, 2.75) is 4.90 Å². The van der Waals surface area contributed by atoms with Gasteiger partial charge in [0.15, 0.2) is 0 Å². The zero-order chi connectivity index (χ0) is 9.30. The molecule has 4 nitrogen and oxygen atoms in total. The molecule has 1 rings (SSSR count). The first-order valence-electron chi connectivity index (χ1n) is 2.89. The van der Waals surface area contributed by atoms with Crippen LogP contribution in [-0.4, -0.2) is 13.9 Å². The van der Waals surface area contributed by atoms with Gasteiger partial charge in [-0.15, -0.1) is 0 Å². The van der Waals surface area contributed by atoms with E-state index in [2.05, 4.69) is 0 Å². The van der Waals surface area contributed by atoms with Gasteiger partial charge in [-0.1, -0.05) is 11.6 Å². The maximum absolute atomic E-state index is 10.4. The molecule has 0 saturated carbocycles. The van der Waals surface area contributed by atoms with Gasteiger partial charge in [0, 0.05) is 4.90 Å². The lowest BCUT2D eigenvalue weighted by Crippen LogP contribution is -1.93. The van der Waals surface area contributed by atoms with E-state index in [-0.39, 0.29) is 21.4 Å². The Kier molecular flexibility index (Phi) is 2.56. The Morgan fingerprint density at radius 3 is 2.67 bits per heavy atom. The molecule has 0 aromatic heterocycles. The van der Waals surface area contributed by atoms with Gasteiger partial charge in [-0.25, -0.2) is 0 Å². The zero-order valence-corrected chi connectivity index (χ0v) is 7.35. The van der Waals surface area contributed by atoms with Crippen LogP contribution in [0.5, 0.6) is 5.75 Å². The van der Waals surface area contributed by atoms with Crippen LogP contribution in [0, 0.1) is 0 Å². The summed E-state index contributed by atoms with van der Waals surface area (Å²) in [7, 11) is 0. The van der Waals surface area contributed by atoms with Crippen molar-refractivity contribution in [2.24, 2.45) is 0 Å². The van der Waals surface area contributed by atoms with Gasteiger partial charge >= 0.3 is 0 Å². The van der Waals surface area contributed by atoms with Crippen molar-refractivity contribution in [1.82, 2.24) is 0 Å². The van der Waals surface area contributed by atoms with Crippen LogP contribution in [0.2, 0.25) is 5.02 Å². The van der Waals surface area contributed by atoms with Crippen molar-refractivity contribution in [3.8, 4) is 5.75 Å². The van der Waals surface area contributed by atoms with Crippen LogP contribution in [0.15, 0.2) is 17.0 Å². The van der Waals surface area contributed by atoms with Gasteiger partial charge in [0.2, 0.25) is 0 Å². The first kappa shape index (κ1) is 9.31. The number of hydrogen-bond donors (Lipinski definition) is 2. The Morgan fingerprint density at radius 2 is 2.17 bits per heavy atom. The summed E-state index contributed by atoms with van der Waals surface area (Å²) in [5.74, 6) is -0.293. The molecule has 1 unspecified atom stereocenters. The zero-order valence-electron chi connectivity index (χ0n) is 5.78. The summed E-state index contributed by atoms with van der Waals surface area (Å²) in [6, 6.07) is 2.18. The fraction of sp³-hybridized carbons (Fsp3) is 0. The Labute approximate surface area is 76.2 Å². The summed E-state index contributed by atoms with van der Waals surface area (Å²) in [6.07, 6.45) is 0. The molecule has 0 aliphatic carbocycles. The minimum atomic E-state index is -2.46. The topological polar surface area (TPSA) is 86.4 Å². The second-order valence-electron chi connectivity index (χ2n) is 2.08. The lowest BCUT2D eigenvalue weighted by atomic mass is 10.3. The maximum atomic E-state index is 10.4. The summed E-state index contributed by atoms with van der Waals surface area (Å²) in [6.45, 7) is 0. The van der Waals surface area contributed by atoms with Gasteiger partial charge in [-0.2, -0.15) is 0 Å². The van der Waals surface area contributed by atoms with E-state index in [0.29, 0.717) is 0 Å². The van der Waals surface area contributed by atoms with E-state index in [1.54, 1.807) is 0 Å². The van der Waals surface area contributed by atoms with Crippen molar-refractivity contribution in [2.75, 3.05) is 5.73 Å². The number of benzene rings is 1. The molecule has 0 heterocycles. The molecular formula is C6H5ClNO3S-. The number of phenolic OH excluding ortho intramolecular Hbond substituents is 1. The van der Waals surface area contributed by atoms with E-state index in [9.17, 15) is 8.76 Å². The van der Waals surface area contributed by atoms with Crippen molar-refractivity contribution in [3.63, 3.8) is 0 Å². The van der Waals surface area contributed by atoms with Crippen molar-refractivity contribution < 1.29 is 13.9 Å². The van der Waals surface area contributed by atoms with Crippen LogP contribution in [-0.2, 0) is 11.1 Å². The summed E-state index contributed by atoms with van der Waals surface area (Å²) >= 11 is 3.06. The Hall–Kier alpha value is -0.780. The number of halogens is 1. The third-order valence-corrected chi connectivity index (χ3v) is 2.38. The Balaban J connectivity index is 3.33. The van der Waals surface area contributed by atoms with Gasteiger partial charge < -0.3 is 15.4 Å². The van der Waals surface area contributed by atoms with E-state index >= 15 is 0 Å². The van der Waals surface area contributed by atoms with Crippen LogP contribution in [0.1, 0.15) is 0 Å². The average molecular weight is 207 g/mol.